The molecule has 0 fully saturated rings. The van der Waals surface area contributed by atoms with Gasteiger partial charge in [-0.25, -0.2) is 0 Å². The summed E-state index contributed by atoms with van der Waals surface area (Å²) >= 11 is 3.44. The smallest absolute Gasteiger partial charge is 0.0577 e. The Hall–Kier alpha value is -1.13. The van der Waals surface area contributed by atoms with Crippen molar-refractivity contribution in [1.29, 1.82) is 0 Å². The molecule has 0 aliphatic rings. The van der Waals surface area contributed by atoms with Crippen molar-refractivity contribution < 1.29 is 4.21 Å². The molecule has 0 heterocycles. The fourth-order valence-electron chi connectivity index (χ4n) is 1.74. The van der Waals surface area contributed by atoms with Gasteiger partial charge in [-0.05, 0) is 46.1 Å². The van der Waals surface area contributed by atoms with Gasteiger partial charge in [0.2, 0.25) is 0 Å². The molecule has 94 valence electrons. The van der Waals surface area contributed by atoms with Gasteiger partial charge in [-0.3, -0.25) is 4.21 Å². The van der Waals surface area contributed by atoms with E-state index < -0.39 is 10.8 Å². The first-order valence-electron chi connectivity index (χ1n) is 5.56. The fraction of sp³-hybridized carbons (Fsp3) is 0.143. The second kappa shape index (κ2) is 5.67. The van der Waals surface area contributed by atoms with Gasteiger partial charge in [0.05, 0.1) is 16.6 Å². The number of aryl methyl sites for hydroxylation is 1. The molecule has 2 rings (SSSR count). The van der Waals surface area contributed by atoms with Gasteiger partial charge in [0.25, 0.3) is 0 Å². The van der Waals surface area contributed by atoms with E-state index in [0.29, 0.717) is 11.4 Å². The van der Waals surface area contributed by atoms with Crippen molar-refractivity contribution in [3.63, 3.8) is 0 Å². The monoisotopic (exact) mass is 323 g/mol. The van der Waals surface area contributed by atoms with E-state index in [1.54, 1.807) is 0 Å². The summed E-state index contributed by atoms with van der Waals surface area (Å²) in [6.45, 7) is 1.97. The van der Waals surface area contributed by atoms with Crippen LogP contribution in [-0.2, 0) is 16.6 Å². The SMILES string of the molecule is Cc1ccccc1S(=O)Cc1cccc(N)c1Br. The molecule has 2 aromatic rings. The molecule has 0 saturated carbocycles. The largest absolute Gasteiger partial charge is 0.398 e. The summed E-state index contributed by atoms with van der Waals surface area (Å²) in [5, 5.41) is 0. The number of hydrogen-bond donors (Lipinski definition) is 1. The molecule has 0 aliphatic heterocycles. The maximum Gasteiger partial charge on any atom is 0.0577 e. The lowest BCUT2D eigenvalue weighted by atomic mass is 10.2. The Kier molecular flexibility index (Phi) is 4.19. The molecule has 0 spiro atoms. The maximum absolute atomic E-state index is 12.3. The minimum Gasteiger partial charge on any atom is -0.398 e. The standard InChI is InChI=1S/C14H14BrNOS/c1-10-5-2-3-8-13(10)18(17)9-11-6-4-7-12(16)14(11)15/h2-8H,9,16H2,1H3. The summed E-state index contributed by atoms with van der Waals surface area (Å²) in [5.41, 5.74) is 8.52. The molecule has 0 radical (unpaired) electrons. The third-order valence-electron chi connectivity index (χ3n) is 2.73. The van der Waals surface area contributed by atoms with Gasteiger partial charge in [-0.1, -0.05) is 30.3 Å². The highest BCUT2D eigenvalue weighted by Gasteiger charge is 2.10. The summed E-state index contributed by atoms with van der Waals surface area (Å²) in [5.74, 6) is 0.469. The van der Waals surface area contributed by atoms with E-state index in [9.17, 15) is 4.21 Å². The number of halogens is 1. The van der Waals surface area contributed by atoms with Crippen LogP contribution in [0.4, 0.5) is 5.69 Å². The second-order valence-corrected chi connectivity index (χ2v) is 6.29. The lowest BCUT2D eigenvalue weighted by Crippen LogP contribution is -2.00. The Balaban J connectivity index is 2.27. The van der Waals surface area contributed by atoms with Crippen LogP contribution in [0, 0.1) is 6.92 Å². The first-order chi connectivity index (χ1) is 8.59. The van der Waals surface area contributed by atoms with Gasteiger partial charge in [0, 0.05) is 15.1 Å². The number of nitrogen functional groups attached to an aromatic ring is 1. The average Bonchev–Trinajstić information content (AvgIpc) is 2.35. The van der Waals surface area contributed by atoms with Crippen LogP contribution in [-0.4, -0.2) is 4.21 Å². The summed E-state index contributed by atoms with van der Waals surface area (Å²) in [7, 11) is -1.05. The van der Waals surface area contributed by atoms with Crippen LogP contribution < -0.4 is 5.73 Å². The number of nitrogens with two attached hydrogens (primary N) is 1. The quantitative estimate of drug-likeness (QED) is 0.876. The zero-order chi connectivity index (χ0) is 13.1. The maximum atomic E-state index is 12.3. The van der Waals surface area contributed by atoms with Crippen molar-refractivity contribution in [3.05, 3.63) is 58.1 Å². The summed E-state index contributed by atoms with van der Waals surface area (Å²) in [4.78, 5) is 0.881. The molecule has 0 bridgehead atoms. The van der Waals surface area contributed by atoms with Gasteiger partial charge in [0.15, 0.2) is 0 Å². The molecular weight excluding hydrogens is 310 g/mol. The normalized spacial score (nSPS) is 12.3. The Morgan fingerprint density at radius 2 is 1.89 bits per heavy atom. The lowest BCUT2D eigenvalue weighted by molar-refractivity contribution is 0.682. The third kappa shape index (κ3) is 2.82. The molecule has 18 heavy (non-hydrogen) atoms. The highest BCUT2D eigenvalue weighted by molar-refractivity contribution is 9.10. The molecule has 0 aliphatic carbocycles. The average molecular weight is 324 g/mol. The van der Waals surface area contributed by atoms with Crippen LogP contribution in [0.1, 0.15) is 11.1 Å². The number of hydrogen-bond acceptors (Lipinski definition) is 2. The molecule has 0 amide bonds. The predicted molar refractivity (Wildman–Crippen MR) is 79.8 cm³/mol. The van der Waals surface area contributed by atoms with Crippen molar-refractivity contribution in [2.45, 2.75) is 17.6 Å². The van der Waals surface area contributed by atoms with E-state index >= 15 is 0 Å². The van der Waals surface area contributed by atoms with Crippen molar-refractivity contribution in [2.24, 2.45) is 0 Å². The van der Waals surface area contributed by atoms with Crippen LogP contribution in [0.3, 0.4) is 0 Å². The molecule has 1 atom stereocenters. The fourth-order valence-corrected chi connectivity index (χ4v) is 3.67. The minimum atomic E-state index is -1.05. The van der Waals surface area contributed by atoms with Crippen LogP contribution >= 0.6 is 15.9 Å². The lowest BCUT2D eigenvalue weighted by Gasteiger charge is -2.08. The summed E-state index contributed by atoms with van der Waals surface area (Å²) < 4.78 is 13.2. The van der Waals surface area contributed by atoms with Gasteiger partial charge in [0.1, 0.15) is 0 Å². The number of benzene rings is 2. The highest BCUT2D eigenvalue weighted by atomic mass is 79.9. The van der Waals surface area contributed by atoms with Crippen molar-refractivity contribution in [1.82, 2.24) is 0 Å². The zero-order valence-corrected chi connectivity index (χ0v) is 12.4. The van der Waals surface area contributed by atoms with E-state index in [-0.39, 0.29) is 0 Å². The Morgan fingerprint density at radius 3 is 2.61 bits per heavy atom. The van der Waals surface area contributed by atoms with Crippen LogP contribution in [0.15, 0.2) is 51.8 Å². The molecule has 4 heteroatoms. The number of rotatable bonds is 3. The zero-order valence-electron chi connectivity index (χ0n) is 10.0. The Labute approximate surface area is 118 Å². The first-order valence-corrected chi connectivity index (χ1v) is 7.67. The molecular formula is C14H14BrNOS. The van der Waals surface area contributed by atoms with Gasteiger partial charge in [-0.15, -0.1) is 0 Å². The molecule has 0 aromatic heterocycles. The van der Waals surface area contributed by atoms with E-state index in [4.69, 9.17) is 5.73 Å². The number of anilines is 1. The van der Waals surface area contributed by atoms with E-state index in [0.717, 1.165) is 20.5 Å². The van der Waals surface area contributed by atoms with Crippen LogP contribution in [0.25, 0.3) is 0 Å². The Bertz CT molecular complexity index is 598. The van der Waals surface area contributed by atoms with E-state index in [2.05, 4.69) is 15.9 Å². The highest BCUT2D eigenvalue weighted by Crippen LogP contribution is 2.26. The molecule has 0 saturated heterocycles. The third-order valence-corrected chi connectivity index (χ3v) is 5.22. The van der Waals surface area contributed by atoms with Crippen LogP contribution in [0.2, 0.25) is 0 Å². The topological polar surface area (TPSA) is 43.1 Å². The summed E-state index contributed by atoms with van der Waals surface area (Å²) in [6, 6.07) is 13.4. The van der Waals surface area contributed by atoms with Crippen molar-refractivity contribution >= 4 is 32.4 Å². The van der Waals surface area contributed by atoms with Crippen LogP contribution in [0.5, 0.6) is 0 Å². The Morgan fingerprint density at radius 1 is 1.17 bits per heavy atom. The molecule has 2 nitrogen and oxygen atoms in total. The molecule has 1 unspecified atom stereocenters. The van der Waals surface area contributed by atoms with Gasteiger partial charge in [-0.2, -0.15) is 0 Å². The van der Waals surface area contributed by atoms with Gasteiger partial charge < -0.3 is 5.73 Å². The minimum absolute atomic E-state index is 0.469. The molecule has 2 aromatic carbocycles. The van der Waals surface area contributed by atoms with Gasteiger partial charge >= 0.3 is 0 Å². The molecule has 2 N–H and O–H groups in total. The first kappa shape index (κ1) is 13.3. The van der Waals surface area contributed by atoms with E-state index in [1.807, 2.05) is 49.4 Å². The summed E-state index contributed by atoms with van der Waals surface area (Å²) in [6.07, 6.45) is 0. The van der Waals surface area contributed by atoms with Crippen molar-refractivity contribution in [2.75, 3.05) is 5.73 Å². The predicted octanol–water partition coefficient (Wildman–Crippen LogP) is 3.65. The van der Waals surface area contributed by atoms with Crippen molar-refractivity contribution in [3.8, 4) is 0 Å². The van der Waals surface area contributed by atoms with E-state index in [1.165, 1.54) is 0 Å². The second-order valence-electron chi connectivity index (χ2n) is 4.08.